The summed E-state index contributed by atoms with van der Waals surface area (Å²) in [5.41, 5.74) is 4.70. The van der Waals surface area contributed by atoms with Crippen molar-refractivity contribution in [3.63, 3.8) is 0 Å². The molecule has 3 atom stereocenters. The third-order valence-electron chi connectivity index (χ3n) is 4.18. The largest absolute Gasteiger partial charge is 0.480 e. The molecule has 6 N–H and O–H groups in total. The highest BCUT2D eigenvalue weighted by Gasteiger charge is 2.48. The third-order valence-corrected chi connectivity index (χ3v) is 4.18. The number of hydrogen-bond donors (Lipinski definition) is 5. The molecule has 6 nitrogen and oxygen atoms in total. The first kappa shape index (κ1) is 15.4. The van der Waals surface area contributed by atoms with Gasteiger partial charge in [0, 0.05) is 5.92 Å². The van der Waals surface area contributed by atoms with Crippen molar-refractivity contribution in [3.05, 3.63) is 0 Å². The summed E-state index contributed by atoms with van der Waals surface area (Å²) in [6.07, 6.45) is 3.07. The molecule has 0 aliphatic heterocycles. The van der Waals surface area contributed by atoms with Crippen LogP contribution in [-0.4, -0.2) is 47.4 Å². The van der Waals surface area contributed by atoms with Crippen molar-refractivity contribution in [2.45, 2.75) is 37.5 Å². The van der Waals surface area contributed by atoms with Gasteiger partial charge in [-0.3, -0.25) is 4.79 Å². The smallest absolute Gasteiger partial charge is 0.451 e. The Morgan fingerprint density at radius 1 is 1.50 bits per heavy atom. The summed E-state index contributed by atoms with van der Waals surface area (Å²) in [7, 11) is 0.339. The van der Waals surface area contributed by atoms with Crippen molar-refractivity contribution in [3.8, 4) is 0 Å². The highest BCUT2D eigenvalue weighted by Crippen LogP contribution is 2.39. The number of aliphatic carboxylic acids is 1. The van der Waals surface area contributed by atoms with E-state index in [1.165, 1.54) is 0 Å². The lowest BCUT2D eigenvalue weighted by atomic mass is 9.66. The Morgan fingerprint density at radius 3 is 2.61 bits per heavy atom. The molecule has 104 valence electrons. The average Bonchev–Trinajstić information content (AvgIpc) is 2.35. The van der Waals surface area contributed by atoms with Crippen LogP contribution in [0.1, 0.15) is 25.7 Å². The number of hydrogen-bond acceptors (Lipinski definition) is 5. The standard InChI is InChI=1S/C11H23BN2O4/c1-14-11(10(15)16)6-8(4-5-12(17)18)2-3-9(11)7-13/h8-9,14,17-18H,2-7,13H2,1H3,(H,15,16)/t8-,9?,11?/m0/s1. The summed E-state index contributed by atoms with van der Waals surface area (Å²) in [5, 5.41) is 30.2. The van der Waals surface area contributed by atoms with Gasteiger partial charge in [0.15, 0.2) is 0 Å². The van der Waals surface area contributed by atoms with E-state index in [0.717, 1.165) is 12.8 Å². The van der Waals surface area contributed by atoms with Crippen molar-refractivity contribution in [1.82, 2.24) is 5.32 Å². The SMILES string of the molecule is CNC1(C(=O)O)C[C@H](CCB(O)O)CCC1CN. The first-order valence-corrected chi connectivity index (χ1v) is 6.44. The van der Waals surface area contributed by atoms with E-state index >= 15 is 0 Å². The molecule has 2 unspecified atom stereocenters. The monoisotopic (exact) mass is 258 g/mol. The molecule has 1 saturated carbocycles. The first-order chi connectivity index (χ1) is 8.46. The second-order valence-electron chi connectivity index (χ2n) is 5.16. The van der Waals surface area contributed by atoms with Gasteiger partial charge in [-0.15, -0.1) is 0 Å². The van der Waals surface area contributed by atoms with Crippen LogP contribution in [0.3, 0.4) is 0 Å². The number of nitrogens with two attached hydrogens (primary N) is 1. The minimum Gasteiger partial charge on any atom is -0.480 e. The Bertz CT molecular complexity index is 290. The maximum absolute atomic E-state index is 11.5. The van der Waals surface area contributed by atoms with Gasteiger partial charge in [0.25, 0.3) is 0 Å². The molecule has 0 amide bonds. The van der Waals surface area contributed by atoms with Crippen LogP contribution in [0.15, 0.2) is 0 Å². The fraction of sp³-hybridized carbons (Fsp3) is 0.909. The van der Waals surface area contributed by atoms with Gasteiger partial charge in [-0.2, -0.15) is 0 Å². The van der Waals surface area contributed by atoms with Gasteiger partial charge >= 0.3 is 13.1 Å². The van der Waals surface area contributed by atoms with Crippen LogP contribution in [-0.2, 0) is 4.79 Å². The van der Waals surface area contributed by atoms with Crippen molar-refractivity contribution in [2.75, 3.05) is 13.6 Å². The number of likely N-dealkylation sites (N-methyl/N-ethyl adjacent to an activating group) is 1. The summed E-state index contributed by atoms with van der Waals surface area (Å²) in [6.45, 7) is 0.350. The summed E-state index contributed by atoms with van der Waals surface area (Å²) in [4.78, 5) is 11.5. The van der Waals surface area contributed by atoms with Crippen LogP contribution in [0.2, 0.25) is 6.32 Å². The zero-order valence-corrected chi connectivity index (χ0v) is 10.8. The minimum atomic E-state index is -1.31. The molecular weight excluding hydrogens is 235 g/mol. The molecule has 0 heterocycles. The molecule has 1 rings (SSSR count). The number of nitrogens with one attached hydrogen (secondary N) is 1. The second kappa shape index (κ2) is 6.52. The topological polar surface area (TPSA) is 116 Å². The predicted octanol–water partition coefficient (Wildman–Crippen LogP) is -0.733. The Hall–Kier alpha value is -0.625. The number of carboxylic acids is 1. The molecule has 0 aromatic heterocycles. The lowest BCUT2D eigenvalue weighted by molar-refractivity contribution is -0.150. The van der Waals surface area contributed by atoms with E-state index in [1.807, 2.05) is 0 Å². The van der Waals surface area contributed by atoms with Gasteiger partial charge in [-0.25, -0.2) is 0 Å². The third kappa shape index (κ3) is 3.23. The van der Waals surface area contributed by atoms with Gasteiger partial charge < -0.3 is 26.2 Å². The summed E-state index contributed by atoms with van der Waals surface area (Å²) >= 11 is 0. The normalized spacial score (nSPS) is 32.2. The van der Waals surface area contributed by atoms with E-state index < -0.39 is 18.6 Å². The summed E-state index contributed by atoms with van der Waals surface area (Å²) < 4.78 is 0. The highest BCUT2D eigenvalue weighted by molar-refractivity contribution is 6.40. The summed E-state index contributed by atoms with van der Waals surface area (Å²) in [5.74, 6) is -0.747. The molecule has 7 heteroatoms. The fourth-order valence-electron chi connectivity index (χ4n) is 3.03. The maximum Gasteiger partial charge on any atom is 0.451 e. The Labute approximate surface area is 108 Å². The van der Waals surface area contributed by atoms with Crippen LogP contribution < -0.4 is 11.1 Å². The van der Waals surface area contributed by atoms with E-state index in [4.69, 9.17) is 15.8 Å². The van der Waals surface area contributed by atoms with Crippen LogP contribution in [0.4, 0.5) is 0 Å². The van der Waals surface area contributed by atoms with Crippen molar-refractivity contribution >= 4 is 13.1 Å². The quantitative estimate of drug-likeness (QED) is 0.401. The molecule has 0 aromatic carbocycles. The van der Waals surface area contributed by atoms with E-state index in [2.05, 4.69) is 5.32 Å². The first-order valence-electron chi connectivity index (χ1n) is 6.44. The van der Waals surface area contributed by atoms with Crippen LogP contribution in [0.5, 0.6) is 0 Å². The Morgan fingerprint density at radius 2 is 2.17 bits per heavy atom. The van der Waals surface area contributed by atoms with Gasteiger partial charge in [-0.05, 0) is 45.1 Å². The molecule has 0 bridgehead atoms. The summed E-state index contributed by atoms with van der Waals surface area (Å²) in [6, 6.07) is 0. The molecule has 0 spiro atoms. The minimum absolute atomic E-state index is 0.0738. The fourth-order valence-corrected chi connectivity index (χ4v) is 3.03. The molecule has 0 saturated heterocycles. The maximum atomic E-state index is 11.5. The van der Waals surface area contributed by atoms with Gasteiger partial charge in [0.2, 0.25) is 0 Å². The average molecular weight is 258 g/mol. The van der Waals surface area contributed by atoms with E-state index in [9.17, 15) is 9.90 Å². The molecule has 0 aromatic rings. The van der Waals surface area contributed by atoms with Crippen molar-refractivity contribution in [2.24, 2.45) is 17.6 Å². The van der Waals surface area contributed by atoms with Crippen LogP contribution in [0, 0.1) is 11.8 Å². The van der Waals surface area contributed by atoms with Gasteiger partial charge in [-0.1, -0.05) is 6.42 Å². The zero-order valence-electron chi connectivity index (χ0n) is 10.8. The van der Waals surface area contributed by atoms with Crippen molar-refractivity contribution in [1.29, 1.82) is 0 Å². The lowest BCUT2D eigenvalue weighted by Gasteiger charge is -2.43. The van der Waals surface area contributed by atoms with Gasteiger partial charge in [0.05, 0.1) is 0 Å². The van der Waals surface area contributed by atoms with E-state index in [-0.39, 0.29) is 18.2 Å². The van der Waals surface area contributed by atoms with Crippen molar-refractivity contribution < 1.29 is 19.9 Å². The molecule has 18 heavy (non-hydrogen) atoms. The predicted molar refractivity (Wildman–Crippen MR) is 68.9 cm³/mol. The highest BCUT2D eigenvalue weighted by atomic mass is 16.4. The van der Waals surface area contributed by atoms with Crippen LogP contribution >= 0.6 is 0 Å². The zero-order chi connectivity index (χ0) is 13.8. The van der Waals surface area contributed by atoms with Crippen LogP contribution in [0.25, 0.3) is 0 Å². The van der Waals surface area contributed by atoms with E-state index in [1.54, 1.807) is 7.05 Å². The lowest BCUT2D eigenvalue weighted by Crippen LogP contribution is -2.60. The number of carboxylic acid groups (broad SMARTS) is 1. The number of carbonyl (C=O) groups is 1. The Kier molecular flexibility index (Phi) is 5.59. The molecule has 1 aliphatic carbocycles. The molecular formula is C11H23BN2O4. The van der Waals surface area contributed by atoms with E-state index in [0.29, 0.717) is 19.4 Å². The molecule has 1 fully saturated rings. The Balaban J connectivity index is 2.74. The molecule has 0 radical (unpaired) electrons. The number of rotatable bonds is 6. The van der Waals surface area contributed by atoms with Gasteiger partial charge in [0.1, 0.15) is 5.54 Å². The second-order valence-corrected chi connectivity index (χ2v) is 5.16. The molecule has 1 aliphatic rings.